The minimum Gasteiger partial charge on any atom is -0.483 e. The topological polar surface area (TPSA) is 45.9 Å². The average Bonchev–Trinajstić information content (AvgIpc) is 2.36. The minimum absolute atomic E-state index is 0.0799. The van der Waals surface area contributed by atoms with Gasteiger partial charge in [0.1, 0.15) is 17.5 Å². The lowest BCUT2D eigenvalue weighted by atomic mass is 10.2. The first-order valence-corrected chi connectivity index (χ1v) is 5.89. The molecule has 0 amide bonds. The Hall–Kier alpha value is -1.81. The van der Waals surface area contributed by atoms with Crippen LogP contribution >= 0.6 is 15.9 Å². The zero-order valence-corrected chi connectivity index (χ0v) is 10.9. The monoisotopic (exact) mass is 330 g/mol. The smallest absolute Gasteiger partial charge is 0.422 e. The molecule has 0 aliphatic heterocycles. The summed E-state index contributed by atoms with van der Waals surface area (Å²) in [7, 11) is 0. The number of alkyl halides is 3. The molecule has 3 nitrogen and oxygen atoms in total. The van der Waals surface area contributed by atoms with E-state index in [1.165, 1.54) is 18.2 Å². The van der Waals surface area contributed by atoms with Crippen molar-refractivity contribution in [2.45, 2.75) is 6.18 Å². The van der Waals surface area contributed by atoms with Gasteiger partial charge in [0.2, 0.25) is 0 Å². The number of nitrogens with zero attached hydrogens (tertiary/aromatic N) is 2. The molecule has 1 aromatic carbocycles. The summed E-state index contributed by atoms with van der Waals surface area (Å²) >= 11 is 3.18. The van der Waals surface area contributed by atoms with Gasteiger partial charge in [0.25, 0.3) is 0 Å². The second-order valence-electron chi connectivity index (χ2n) is 3.66. The van der Waals surface area contributed by atoms with Crippen molar-refractivity contribution in [3.63, 3.8) is 0 Å². The molecule has 0 N–H and O–H groups in total. The Morgan fingerprint density at radius 2 is 2.00 bits per heavy atom. The molecule has 0 bridgehead atoms. The van der Waals surface area contributed by atoms with E-state index in [2.05, 4.69) is 20.9 Å². The number of pyridine rings is 1. The first-order chi connectivity index (χ1) is 8.90. The zero-order valence-electron chi connectivity index (χ0n) is 9.33. The maximum Gasteiger partial charge on any atom is 0.422 e. The SMILES string of the molecule is N#Cc1ccc2c(Br)c(OCC(F)(F)F)ccc2n1. The molecule has 2 rings (SSSR count). The maximum absolute atomic E-state index is 12.1. The summed E-state index contributed by atoms with van der Waals surface area (Å²) in [6.45, 7) is -1.36. The third kappa shape index (κ3) is 3.15. The van der Waals surface area contributed by atoms with E-state index in [1.807, 2.05) is 6.07 Å². The second kappa shape index (κ2) is 5.05. The van der Waals surface area contributed by atoms with Crippen LogP contribution in [0.5, 0.6) is 5.75 Å². The summed E-state index contributed by atoms with van der Waals surface area (Å²) in [5, 5.41) is 9.30. The van der Waals surface area contributed by atoms with Gasteiger partial charge in [0.05, 0.1) is 9.99 Å². The highest BCUT2D eigenvalue weighted by Crippen LogP contribution is 2.33. The van der Waals surface area contributed by atoms with Crippen LogP contribution in [-0.4, -0.2) is 17.8 Å². The Morgan fingerprint density at radius 1 is 1.26 bits per heavy atom. The van der Waals surface area contributed by atoms with Gasteiger partial charge in [-0.1, -0.05) is 0 Å². The molecule has 0 atom stereocenters. The molecular formula is C12H6BrF3N2O. The number of nitriles is 1. The highest BCUT2D eigenvalue weighted by Gasteiger charge is 2.28. The van der Waals surface area contributed by atoms with Gasteiger partial charge in [0, 0.05) is 5.39 Å². The third-order valence-corrected chi connectivity index (χ3v) is 3.09. The quantitative estimate of drug-likeness (QED) is 0.841. The van der Waals surface area contributed by atoms with Gasteiger partial charge in [0.15, 0.2) is 6.61 Å². The Morgan fingerprint density at radius 3 is 2.63 bits per heavy atom. The number of halogens is 4. The Balaban J connectivity index is 2.39. The number of ether oxygens (including phenoxy) is 1. The molecule has 1 heterocycles. The molecule has 98 valence electrons. The van der Waals surface area contributed by atoms with Crippen LogP contribution in [0.2, 0.25) is 0 Å². The first kappa shape index (κ1) is 13.6. The summed E-state index contributed by atoms with van der Waals surface area (Å²) in [4.78, 5) is 4.04. The fourth-order valence-corrected chi connectivity index (χ4v) is 2.06. The Kier molecular flexibility index (Phi) is 3.62. The molecule has 7 heteroatoms. The Labute approximate surface area is 114 Å². The molecule has 0 aliphatic rings. The van der Waals surface area contributed by atoms with Crippen LogP contribution in [0.1, 0.15) is 5.69 Å². The molecule has 1 aromatic heterocycles. The molecule has 2 aromatic rings. The largest absolute Gasteiger partial charge is 0.483 e. The lowest BCUT2D eigenvalue weighted by Crippen LogP contribution is -2.19. The van der Waals surface area contributed by atoms with Gasteiger partial charge in [-0.3, -0.25) is 0 Å². The van der Waals surface area contributed by atoms with Crippen molar-refractivity contribution in [1.82, 2.24) is 4.98 Å². The molecule has 0 radical (unpaired) electrons. The van der Waals surface area contributed by atoms with Gasteiger partial charge in [-0.05, 0) is 40.2 Å². The van der Waals surface area contributed by atoms with Crippen LogP contribution < -0.4 is 4.74 Å². The van der Waals surface area contributed by atoms with Crippen molar-refractivity contribution >= 4 is 26.8 Å². The zero-order chi connectivity index (χ0) is 14.0. The number of fused-ring (bicyclic) bond motifs is 1. The highest BCUT2D eigenvalue weighted by atomic mass is 79.9. The maximum atomic E-state index is 12.1. The molecular weight excluding hydrogens is 325 g/mol. The Bertz CT molecular complexity index is 664. The number of benzene rings is 1. The van der Waals surface area contributed by atoms with E-state index in [0.29, 0.717) is 15.4 Å². The van der Waals surface area contributed by atoms with Crippen molar-refractivity contribution in [2.24, 2.45) is 0 Å². The predicted octanol–water partition coefficient (Wildman–Crippen LogP) is 3.81. The molecule has 19 heavy (non-hydrogen) atoms. The van der Waals surface area contributed by atoms with E-state index in [1.54, 1.807) is 6.07 Å². The number of aromatic nitrogens is 1. The van der Waals surface area contributed by atoms with Gasteiger partial charge in [-0.25, -0.2) is 4.98 Å². The van der Waals surface area contributed by atoms with Crippen LogP contribution in [0, 0.1) is 11.3 Å². The van der Waals surface area contributed by atoms with E-state index >= 15 is 0 Å². The van der Waals surface area contributed by atoms with Crippen molar-refractivity contribution < 1.29 is 17.9 Å². The molecule has 0 aliphatic carbocycles. The summed E-state index contributed by atoms with van der Waals surface area (Å²) in [5.41, 5.74) is 0.744. The molecule has 0 unspecified atom stereocenters. The summed E-state index contributed by atoms with van der Waals surface area (Å²) in [6.07, 6.45) is -4.39. The third-order valence-electron chi connectivity index (χ3n) is 2.28. The lowest BCUT2D eigenvalue weighted by molar-refractivity contribution is -0.153. The average molecular weight is 331 g/mol. The van der Waals surface area contributed by atoms with Crippen molar-refractivity contribution in [3.05, 3.63) is 34.4 Å². The van der Waals surface area contributed by atoms with Crippen LogP contribution in [0.3, 0.4) is 0 Å². The van der Waals surface area contributed by atoms with Gasteiger partial charge in [-0.15, -0.1) is 0 Å². The summed E-state index contributed by atoms with van der Waals surface area (Å²) in [6, 6.07) is 7.87. The van der Waals surface area contributed by atoms with Gasteiger partial charge in [-0.2, -0.15) is 18.4 Å². The van der Waals surface area contributed by atoms with Gasteiger partial charge < -0.3 is 4.74 Å². The molecule has 0 fully saturated rings. The van der Waals surface area contributed by atoms with E-state index in [0.717, 1.165) is 0 Å². The van der Waals surface area contributed by atoms with E-state index in [-0.39, 0.29) is 11.4 Å². The van der Waals surface area contributed by atoms with Crippen molar-refractivity contribution in [1.29, 1.82) is 5.26 Å². The lowest BCUT2D eigenvalue weighted by Gasteiger charge is -2.11. The van der Waals surface area contributed by atoms with Crippen LogP contribution in [0.25, 0.3) is 10.9 Å². The van der Waals surface area contributed by atoms with Crippen molar-refractivity contribution in [2.75, 3.05) is 6.61 Å². The summed E-state index contributed by atoms with van der Waals surface area (Å²) in [5.74, 6) is 0.0799. The van der Waals surface area contributed by atoms with E-state index < -0.39 is 12.8 Å². The molecule has 0 saturated heterocycles. The van der Waals surface area contributed by atoms with Crippen LogP contribution in [-0.2, 0) is 0 Å². The summed E-state index contributed by atoms with van der Waals surface area (Å²) < 4.78 is 41.4. The van der Waals surface area contributed by atoms with Crippen molar-refractivity contribution in [3.8, 4) is 11.8 Å². The van der Waals surface area contributed by atoms with Gasteiger partial charge >= 0.3 is 6.18 Å². The normalized spacial score (nSPS) is 11.3. The van der Waals surface area contributed by atoms with Crippen LogP contribution in [0.4, 0.5) is 13.2 Å². The van der Waals surface area contributed by atoms with Crippen LogP contribution in [0.15, 0.2) is 28.7 Å². The standard InChI is InChI=1S/C12H6BrF3N2O/c13-11-8-2-1-7(5-17)18-9(8)3-4-10(11)19-6-12(14,15)16/h1-4H,6H2. The highest BCUT2D eigenvalue weighted by molar-refractivity contribution is 9.10. The predicted molar refractivity (Wildman–Crippen MR) is 65.7 cm³/mol. The number of hydrogen-bond acceptors (Lipinski definition) is 3. The molecule has 0 spiro atoms. The second-order valence-corrected chi connectivity index (χ2v) is 4.45. The fourth-order valence-electron chi connectivity index (χ4n) is 1.48. The number of rotatable bonds is 2. The van der Waals surface area contributed by atoms with E-state index in [4.69, 9.17) is 10.00 Å². The van der Waals surface area contributed by atoms with E-state index in [9.17, 15) is 13.2 Å². The fraction of sp³-hybridized carbons (Fsp3) is 0.167. The molecule has 0 saturated carbocycles. The first-order valence-electron chi connectivity index (χ1n) is 5.09. The minimum atomic E-state index is -4.39. The number of hydrogen-bond donors (Lipinski definition) is 0.